The predicted octanol–water partition coefficient (Wildman–Crippen LogP) is 15.9. The third-order valence-corrected chi connectivity index (χ3v) is 15.6. The Morgan fingerprint density at radius 3 is 1.18 bits per heavy atom. The lowest BCUT2D eigenvalue weighted by molar-refractivity contribution is 0.101. The van der Waals surface area contributed by atoms with Crippen molar-refractivity contribution in [3.8, 4) is 80.4 Å². The lowest BCUT2D eigenvalue weighted by Gasteiger charge is -2.16. The number of Topliss-reactive ketones (excluding diaryl/α,β-unsaturated/α-hetero) is 1. The Kier molecular flexibility index (Phi) is 36.8. The molecule has 112 heavy (non-hydrogen) atoms. The Morgan fingerprint density at radius 1 is 0.509 bits per heavy atom. The molecule has 0 bridgehead atoms. The molecule has 11 heterocycles. The van der Waals surface area contributed by atoms with Gasteiger partial charge in [-0.1, -0.05) is 50.7 Å². The molecule has 0 saturated carbocycles. The number of aromatic nitrogens is 18. The maximum absolute atomic E-state index is 13.2. The van der Waals surface area contributed by atoms with Crippen LogP contribution in [-0.4, -0.2) is 147 Å². The molecule has 0 aliphatic carbocycles. The number of methoxy groups -OCH3 is 4. The van der Waals surface area contributed by atoms with Crippen LogP contribution >= 0.6 is 50.5 Å². The molecular formula is C75H83B3Cl4F2N20O7P. The van der Waals surface area contributed by atoms with Crippen molar-refractivity contribution in [1.82, 2.24) is 88.7 Å². The first kappa shape index (κ1) is 93.4. The summed E-state index contributed by atoms with van der Waals surface area (Å²) in [5.41, 5.74) is 20.6. The lowest BCUT2D eigenvalue weighted by atomic mass is 9.81. The van der Waals surface area contributed by atoms with Crippen LogP contribution in [0.2, 0.25) is 5.15 Å². The number of ether oxygens (including phenoxy) is 4. The van der Waals surface area contributed by atoms with Crippen molar-refractivity contribution in [2.45, 2.75) is 96.2 Å². The fourth-order valence-electron chi connectivity index (χ4n) is 9.74. The SMILES string of the molecule is C.C.COc1nc(-c2cc(C)c(=O)[nH]n2)ccc1-n1cnc(C)c1.COc1nc(-c2cc(C)c(Cl)nn2)ccc1-n1cnc(C)c1.COc1nc(-c2cc(C)c(N[C@@H](C)c3ccc(F)cc3)nn2)ccc1-n1cnc(C)c1.COc1nc(C(C)=O)ccc1-n1cnc(C)c1.C[C@H](N)c1ccc(F)cc1.O=P(Cl)(Cl)Cl.[B].[B][B]. The predicted molar refractivity (Wildman–Crippen MR) is 439 cm³/mol. The van der Waals surface area contributed by atoms with Crippen molar-refractivity contribution in [2.24, 2.45) is 5.73 Å². The van der Waals surface area contributed by atoms with Crippen LogP contribution in [0.1, 0.15) is 109 Å². The molecule has 0 amide bonds. The standard InChI is InChI=1S/C23H23FN6O.C15H14ClN5O.C15H15N5O2.C12H13N3O2.C8H10FN.2CH4.B2.B.Cl3OP/c1-14-11-20(28-29-22(14)26-16(3)17-5-7-18(24)8-6-17)19-9-10-21(23(27-19)31-4)30-12-15(2)25-13-30;1-9-6-12(19-20-14(9)16)11-4-5-13(15(18-11)22-3)21-7-10(2)17-8-21;1-9-6-12(18-19-14(9)21)11-4-5-13(15(17-11)22-3)20-7-10(2)16-8-20;1-8-6-15(7-13-8)11-5-4-10(9(2)16)14-12(11)17-3;1-6(10)7-2-4-8(9)5-3-7;;;1-2;;1-5(2,3)4/h5-13,16H,1-4H3,(H,26,29);4-8H,1-3H3;4-8H,1-3H3,(H,19,21);4-7H,1-3H3;2-6H,10H2,1H3;2*1H4;;;/t16-;;;;6-;;;;;/m0...0...../s1. The number of nitrogens with zero attached hydrogens (tertiary/aromatic N) is 17. The first-order valence-corrected chi connectivity index (χ1v) is 37.4. The highest BCUT2D eigenvalue weighted by molar-refractivity contribution is 8.24. The van der Waals surface area contributed by atoms with E-state index in [1.54, 1.807) is 96.0 Å². The molecule has 2 atom stereocenters. The summed E-state index contributed by atoms with van der Waals surface area (Å²) in [7, 11) is 14.3. The van der Waals surface area contributed by atoms with Gasteiger partial charge in [0.2, 0.25) is 23.5 Å². The topological polar surface area (TPSA) is 329 Å². The summed E-state index contributed by atoms with van der Waals surface area (Å²) < 4.78 is 63.8. The van der Waals surface area contributed by atoms with Crippen LogP contribution < -0.4 is 35.6 Å². The van der Waals surface area contributed by atoms with Crippen molar-refractivity contribution < 1.29 is 37.1 Å². The van der Waals surface area contributed by atoms with Gasteiger partial charge in [-0.05, 0) is 209 Å². The lowest BCUT2D eigenvalue weighted by Crippen LogP contribution is -2.11. The van der Waals surface area contributed by atoms with Crippen molar-refractivity contribution in [3.05, 3.63) is 249 Å². The van der Waals surface area contributed by atoms with E-state index in [9.17, 15) is 22.9 Å². The fraction of sp³-hybridized carbons (Fsp3) is 0.240. The van der Waals surface area contributed by atoms with Crippen LogP contribution in [0.15, 0.2) is 170 Å². The summed E-state index contributed by atoms with van der Waals surface area (Å²) in [6.07, 6.45) is 14.4. The zero-order valence-corrected chi connectivity index (χ0v) is 66.1. The number of ketones is 1. The number of halogens is 6. The quantitative estimate of drug-likeness (QED) is 0.0459. The van der Waals surface area contributed by atoms with Gasteiger partial charge in [0.1, 0.15) is 57.2 Å². The highest BCUT2D eigenvalue weighted by Crippen LogP contribution is 2.61. The smallest absolute Gasteiger partial charge is 0.339 e. The zero-order valence-electron chi connectivity index (χ0n) is 62.2. The van der Waals surface area contributed by atoms with Gasteiger partial charge in [-0.3, -0.25) is 14.2 Å². The van der Waals surface area contributed by atoms with Gasteiger partial charge in [0.05, 0.1) is 99.6 Å². The summed E-state index contributed by atoms with van der Waals surface area (Å²) in [5.74, 6) is 1.94. The molecule has 581 valence electrons. The second-order valence-electron chi connectivity index (χ2n) is 23.5. The van der Waals surface area contributed by atoms with Crippen LogP contribution in [-0.2, 0) is 4.57 Å². The summed E-state index contributed by atoms with van der Waals surface area (Å²) in [6.45, 7) is 18.6. The summed E-state index contributed by atoms with van der Waals surface area (Å²) in [6, 6.07) is 32.8. The van der Waals surface area contributed by atoms with Crippen LogP contribution in [0, 0.1) is 60.1 Å². The van der Waals surface area contributed by atoms with Crippen molar-refractivity contribution in [2.75, 3.05) is 33.8 Å². The Bertz CT molecular complexity index is 5300. The van der Waals surface area contributed by atoms with Crippen LogP contribution in [0.25, 0.3) is 56.9 Å². The van der Waals surface area contributed by atoms with Gasteiger partial charge in [0.25, 0.3) is 5.56 Å². The van der Waals surface area contributed by atoms with Gasteiger partial charge in [-0.15, -0.1) is 20.4 Å². The number of aryl methyl sites for hydroxylation is 7. The number of hydrogen-bond acceptors (Lipinski definition) is 22. The number of pyridine rings is 4. The average molecular weight is 1620 g/mol. The second kappa shape index (κ2) is 44.1. The number of imidazole rings is 4. The third-order valence-electron chi connectivity index (χ3n) is 15.3. The van der Waals surface area contributed by atoms with Gasteiger partial charge >= 0.3 is 5.20 Å². The number of rotatable bonds is 16. The number of carbonyl (C=O) groups excluding carboxylic acids is 1. The largest absolute Gasteiger partial charge is 0.479 e. The maximum atomic E-state index is 13.2. The molecule has 0 unspecified atom stereocenters. The number of hydrogen-bond donors (Lipinski definition) is 3. The number of anilines is 1. The van der Waals surface area contributed by atoms with E-state index < -0.39 is 5.20 Å². The van der Waals surface area contributed by atoms with Crippen molar-refractivity contribution in [1.29, 1.82) is 0 Å². The van der Waals surface area contributed by atoms with Gasteiger partial charge in [-0.2, -0.15) is 5.10 Å². The molecule has 13 aromatic rings. The third kappa shape index (κ3) is 26.9. The van der Waals surface area contributed by atoms with Gasteiger partial charge in [-0.25, -0.2) is 53.8 Å². The average Bonchev–Trinajstić information content (AvgIpc) is 1.44. The zero-order chi connectivity index (χ0) is 79.8. The first-order valence-electron chi connectivity index (χ1n) is 32.6. The highest BCUT2D eigenvalue weighted by atomic mass is 36.0. The Morgan fingerprint density at radius 2 is 0.848 bits per heavy atom. The number of aromatic amines is 1. The van der Waals surface area contributed by atoms with Gasteiger partial charge in [0, 0.05) is 67.2 Å². The summed E-state index contributed by atoms with van der Waals surface area (Å²) in [5, 5.41) is 23.6. The van der Waals surface area contributed by atoms with E-state index in [4.69, 9.17) is 36.3 Å². The molecule has 0 aliphatic rings. The van der Waals surface area contributed by atoms with E-state index in [2.05, 4.69) is 125 Å². The molecular weight excluding hydrogens is 1540 g/mol. The molecule has 0 spiro atoms. The number of H-pyrrole nitrogens is 1. The molecule has 0 fully saturated rings. The van der Waals surface area contributed by atoms with Gasteiger partial charge in [0.15, 0.2) is 16.8 Å². The minimum Gasteiger partial charge on any atom is -0.479 e. The molecule has 4 N–H and O–H groups in total. The fourth-order valence-corrected chi connectivity index (χ4v) is 9.84. The van der Waals surface area contributed by atoms with E-state index in [-0.39, 0.29) is 58.3 Å². The first-order chi connectivity index (χ1) is 51.9. The van der Waals surface area contributed by atoms with Crippen LogP contribution in [0.4, 0.5) is 14.6 Å². The van der Waals surface area contributed by atoms with E-state index >= 15 is 0 Å². The maximum Gasteiger partial charge on any atom is 0.339 e. The minimum atomic E-state index is -3.22. The summed E-state index contributed by atoms with van der Waals surface area (Å²) in [4.78, 5) is 57.1. The van der Waals surface area contributed by atoms with E-state index in [1.165, 1.54) is 38.3 Å². The molecule has 37 heteroatoms. The molecule has 11 aromatic heterocycles. The molecule has 0 aliphatic heterocycles. The number of nitrogens with two attached hydrogens (primary N) is 1. The number of carbonyl (C=O) groups is 1. The van der Waals surface area contributed by atoms with Crippen LogP contribution in [0.5, 0.6) is 23.5 Å². The number of benzene rings is 2. The van der Waals surface area contributed by atoms with Crippen molar-refractivity contribution in [3.63, 3.8) is 0 Å². The Hall–Kier alpha value is -11.0. The minimum absolute atomic E-state index is 0. The highest BCUT2D eigenvalue weighted by Gasteiger charge is 2.18. The molecule has 7 radical (unpaired) electrons. The van der Waals surface area contributed by atoms with Gasteiger partial charge < -0.3 is 48.3 Å². The monoisotopic (exact) mass is 1620 g/mol. The number of nitrogens with one attached hydrogen (secondary N) is 2. The Balaban J connectivity index is 0.000000296. The van der Waals surface area contributed by atoms with E-state index in [0.29, 0.717) is 79.9 Å². The van der Waals surface area contributed by atoms with E-state index in [1.807, 2.05) is 147 Å². The van der Waals surface area contributed by atoms with Crippen LogP contribution in [0.3, 0.4) is 0 Å². The summed E-state index contributed by atoms with van der Waals surface area (Å²) >= 11 is 19.8. The Labute approximate surface area is 672 Å². The molecule has 0 saturated heterocycles. The van der Waals surface area contributed by atoms with Crippen molar-refractivity contribution >= 4 is 86.0 Å². The molecule has 2 aromatic carbocycles. The molecule has 13 rings (SSSR count). The second-order valence-corrected chi connectivity index (χ2v) is 30.5. The van der Waals surface area contributed by atoms with E-state index in [0.717, 1.165) is 67.8 Å². The normalized spacial score (nSPS) is 10.8. The molecule has 27 nitrogen and oxygen atoms in total.